The molecular formula is C17H18Cl3N4O3S2. The fourth-order valence-electron chi connectivity index (χ4n) is 3.01. The standard InChI is InChI=1S/C17H18Cl3N4O3S2/c1-2-24(29(26,27)16-12(19)8-11(18)9-13(16)20)17-22-21-14(28-17)10-15(25)23-6-4-3-5-7-23/h8-9H,1-7,10H2. The number of anilines is 1. The van der Waals surface area contributed by atoms with Gasteiger partial charge in [0.2, 0.25) is 11.0 Å². The first-order chi connectivity index (χ1) is 13.7. The third kappa shape index (κ3) is 4.96. The molecule has 12 heteroatoms. The van der Waals surface area contributed by atoms with Gasteiger partial charge < -0.3 is 4.90 Å². The first-order valence-corrected chi connectivity index (χ1v) is 12.2. The van der Waals surface area contributed by atoms with Gasteiger partial charge in [-0.1, -0.05) is 46.1 Å². The van der Waals surface area contributed by atoms with Gasteiger partial charge >= 0.3 is 0 Å². The summed E-state index contributed by atoms with van der Waals surface area (Å²) in [6.07, 6.45) is 3.18. The second-order valence-corrected chi connectivity index (χ2v) is 10.5. The summed E-state index contributed by atoms with van der Waals surface area (Å²) >= 11 is 19.1. The van der Waals surface area contributed by atoms with E-state index in [4.69, 9.17) is 34.8 Å². The molecule has 1 aromatic carbocycles. The van der Waals surface area contributed by atoms with Crippen LogP contribution in [0.25, 0.3) is 0 Å². The van der Waals surface area contributed by atoms with E-state index in [-0.39, 0.29) is 44.0 Å². The van der Waals surface area contributed by atoms with E-state index in [1.54, 1.807) is 4.90 Å². The number of carbonyl (C=O) groups is 1. The summed E-state index contributed by atoms with van der Waals surface area (Å²) in [6, 6.07) is 2.60. The smallest absolute Gasteiger partial charge is 0.269 e. The molecule has 1 saturated heterocycles. The van der Waals surface area contributed by atoms with Gasteiger partial charge in [0, 0.05) is 24.7 Å². The van der Waals surface area contributed by atoms with Crippen molar-refractivity contribution < 1.29 is 13.2 Å². The molecule has 0 saturated carbocycles. The molecule has 0 N–H and O–H groups in total. The zero-order valence-electron chi connectivity index (χ0n) is 15.3. The first kappa shape index (κ1) is 22.6. The molecule has 29 heavy (non-hydrogen) atoms. The van der Waals surface area contributed by atoms with E-state index in [0.717, 1.165) is 48.0 Å². The highest BCUT2D eigenvalue weighted by Gasteiger charge is 2.31. The van der Waals surface area contributed by atoms with Crippen LogP contribution in [0.2, 0.25) is 15.1 Å². The van der Waals surface area contributed by atoms with E-state index < -0.39 is 10.0 Å². The highest BCUT2D eigenvalue weighted by molar-refractivity contribution is 7.93. The topological polar surface area (TPSA) is 83.5 Å². The van der Waals surface area contributed by atoms with Crippen LogP contribution in [0.3, 0.4) is 0 Å². The van der Waals surface area contributed by atoms with Crippen LogP contribution in [0.4, 0.5) is 5.13 Å². The van der Waals surface area contributed by atoms with Crippen LogP contribution >= 0.6 is 46.1 Å². The van der Waals surface area contributed by atoms with Crippen molar-refractivity contribution >= 4 is 67.2 Å². The summed E-state index contributed by atoms with van der Waals surface area (Å²) in [4.78, 5) is 13.9. The highest BCUT2D eigenvalue weighted by atomic mass is 35.5. The van der Waals surface area contributed by atoms with Gasteiger partial charge in [0.1, 0.15) is 9.90 Å². The number of piperidine rings is 1. The molecule has 1 aliphatic rings. The van der Waals surface area contributed by atoms with Crippen molar-refractivity contribution in [1.29, 1.82) is 0 Å². The van der Waals surface area contributed by atoms with Gasteiger partial charge in [0.05, 0.1) is 16.5 Å². The SMILES string of the molecule is [CH2]CN(c1nnc(CC(=O)N2CCCCC2)s1)S(=O)(=O)c1c(Cl)cc(Cl)cc1Cl. The van der Waals surface area contributed by atoms with Gasteiger partial charge in [-0.3, -0.25) is 4.79 Å². The van der Waals surface area contributed by atoms with Crippen LogP contribution in [-0.4, -0.2) is 49.1 Å². The molecule has 1 fully saturated rings. The van der Waals surface area contributed by atoms with Crippen molar-refractivity contribution in [2.45, 2.75) is 30.6 Å². The average molecular weight is 497 g/mol. The number of sulfonamides is 1. The molecule has 2 aromatic rings. The maximum absolute atomic E-state index is 13.1. The number of hydrogen-bond donors (Lipinski definition) is 0. The number of amides is 1. The van der Waals surface area contributed by atoms with Crippen LogP contribution in [0.15, 0.2) is 17.0 Å². The Labute approximate surface area is 188 Å². The third-order valence-corrected chi connectivity index (χ3v) is 8.39. The lowest BCUT2D eigenvalue weighted by atomic mass is 10.1. The van der Waals surface area contributed by atoms with Crippen LogP contribution in [0.5, 0.6) is 0 Å². The van der Waals surface area contributed by atoms with Crippen LogP contribution in [0, 0.1) is 6.92 Å². The number of likely N-dealkylation sites (tertiary alicyclic amines) is 1. The Morgan fingerprint density at radius 3 is 2.34 bits per heavy atom. The fraction of sp³-hybridized carbons (Fsp3) is 0.412. The molecule has 1 aliphatic heterocycles. The minimum Gasteiger partial charge on any atom is -0.342 e. The monoisotopic (exact) mass is 495 g/mol. The number of hydrogen-bond acceptors (Lipinski definition) is 6. The molecule has 157 valence electrons. The molecule has 0 aliphatic carbocycles. The number of halogens is 3. The lowest BCUT2D eigenvalue weighted by Crippen LogP contribution is -2.36. The molecule has 0 spiro atoms. The van der Waals surface area contributed by atoms with Crippen molar-refractivity contribution in [1.82, 2.24) is 15.1 Å². The van der Waals surface area contributed by atoms with Crippen molar-refractivity contribution in [2.24, 2.45) is 0 Å². The second kappa shape index (κ2) is 9.34. The van der Waals surface area contributed by atoms with Crippen molar-refractivity contribution in [2.75, 3.05) is 23.9 Å². The van der Waals surface area contributed by atoms with E-state index in [1.807, 2.05) is 0 Å². The van der Waals surface area contributed by atoms with E-state index in [1.165, 1.54) is 12.1 Å². The largest absolute Gasteiger partial charge is 0.342 e. The Bertz CT molecular complexity index is 984. The van der Waals surface area contributed by atoms with Crippen LogP contribution < -0.4 is 4.31 Å². The van der Waals surface area contributed by atoms with Gasteiger partial charge in [-0.15, -0.1) is 10.2 Å². The van der Waals surface area contributed by atoms with Crippen LogP contribution in [-0.2, 0) is 21.2 Å². The molecule has 7 nitrogen and oxygen atoms in total. The van der Waals surface area contributed by atoms with E-state index in [0.29, 0.717) is 5.01 Å². The summed E-state index contributed by atoms with van der Waals surface area (Å²) in [5.74, 6) is -0.0415. The number of benzene rings is 1. The van der Waals surface area contributed by atoms with E-state index >= 15 is 0 Å². The summed E-state index contributed by atoms with van der Waals surface area (Å²) < 4.78 is 27.2. The summed E-state index contributed by atoms with van der Waals surface area (Å²) in [7, 11) is -4.16. The molecule has 1 aromatic heterocycles. The molecule has 0 unspecified atom stereocenters. The quantitative estimate of drug-likeness (QED) is 0.602. The Morgan fingerprint density at radius 1 is 1.14 bits per heavy atom. The molecule has 0 atom stereocenters. The van der Waals surface area contributed by atoms with E-state index in [2.05, 4.69) is 17.1 Å². The molecular weight excluding hydrogens is 479 g/mol. The zero-order valence-corrected chi connectivity index (χ0v) is 19.2. The average Bonchev–Trinajstić information content (AvgIpc) is 3.09. The Balaban J connectivity index is 1.84. The minimum atomic E-state index is -4.16. The Kier molecular flexibility index (Phi) is 7.27. The summed E-state index contributed by atoms with van der Waals surface area (Å²) in [6.45, 7) is 4.98. The van der Waals surface area contributed by atoms with Gasteiger partial charge in [0.15, 0.2) is 0 Å². The lowest BCUT2D eigenvalue weighted by Gasteiger charge is -2.26. The molecule has 3 rings (SSSR count). The summed E-state index contributed by atoms with van der Waals surface area (Å²) in [5, 5.41) is 8.45. The van der Waals surface area contributed by atoms with Crippen LogP contribution in [0.1, 0.15) is 24.3 Å². The van der Waals surface area contributed by atoms with Gasteiger partial charge in [0.25, 0.3) is 10.0 Å². The number of aromatic nitrogens is 2. The number of carbonyl (C=O) groups excluding carboxylic acids is 1. The first-order valence-electron chi connectivity index (χ1n) is 8.80. The Hall–Kier alpha value is -1.13. The molecule has 0 bridgehead atoms. The zero-order chi connectivity index (χ0) is 21.2. The van der Waals surface area contributed by atoms with Crippen molar-refractivity contribution in [3.8, 4) is 0 Å². The predicted octanol–water partition coefficient (Wildman–Crippen LogP) is 4.08. The molecule has 2 heterocycles. The van der Waals surface area contributed by atoms with E-state index in [9.17, 15) is 13.2 Å². The lowest BCUT2D eigenvalue weighted by molar-refractivity contribution is -0.131. The van der Waals surface area contributed by atoms with Crippen molar-refractivity contribution in [3.63, 3.8) is 0 Å². The van der Waals surface area contributed by atoms with Crippen molar-refractivity contribution in [3.05, 3.63) is 39.1 Å². The number of rotatable bonds is 6. The molecule has 1 radical (unpaired) electrons. The third-order valence-electron chi connectivity index (χ3n) is 4.39. The molecule has 1 amide bonds. The normalized spacial score (nSPS) is 14.8. The number of nitrogens with zero attached hydrogens (tertiary/aromatic N) is 4. The maximum atomic E-state index is 13.1. The van der Waals surface area contributed by atoms with Gasteiger partial charge in [-0.05, 0) is 38.3 Å². The van der Waals surface area contributed by atoms with Gasteiger partial charge in [-0.25, -0.2) is 12.7 Å². The minimum absolute atomic E-state index is 0.0415. The van der Waals surface area contributed by atoms with Gasteiger partial charge in [-0.2, -0.15) is 0 Å². The maximum Gasteiger partial charge on any atom is 0.269 e. The highest BCUT2D eigenvalue weighted by Crippen LogP contribution is 2.36. The second-order valence-electron chi connectivity index (χ2n) is 6.37. The Morgan fingerprint density at radius 2 is 1.76 bits per heavy atom. The fourth-order valence-corrected chi connectivity index (χ4v) is 6.89. The predicted molar refractivity (Wildman–Crippen MR) is 115 cm³/mol. The summed E-state index contributed by atoms with van der Waals surface area (Å²) in [5.41, 5.74) is 0.